The van der Waals surface area contributed by atoms with Crippen LogP contribution in [-0.2, 0) is 27.6 Å². The fourth-order valence-corrected chi connectivity index (χ4v) is 8.60. The summed E-state index contributed by atoms with van der Waals surface area (Å²) in [6.07, 6.45) is 0.765. The van der Waals surface area contributed by atoms with E-state index in [1.165, 1.54) is 13.2 Å². The van der Waals surface area contributed by atoms with E-state index in [1.54, 1.807) is 24.3 Å². The number of hydrogen-bond acceptors (Lipinski definition) is 6. The summed E-state index contributed by atoms with van der Waals surface area (Å²) in [5, 5.41) is 1.02. The Hall–Kier alpha value is -4.68. The van der Waals surface area contributed by atoms with Crippen LogP contribution < -0.4 is 9.46 Å². The van der Waals surface area contributed by atoms with E-state index >= 15 is 0 Å². The van der Waals surface area contributed by atoms with Crippen LogP contribution >= 0.6 is 23.4 Å². The normalized spacial score (nSPS) is 11.6. The van der Waals surface area contributed by atoms with E-state index in [0.29, 0.717) is 29.2 Å². The second-order valence-electron chi connectivity index (χ2n) is 11.9. The molecule has 7 nitrogen and oxygen atoms in total. The van der Waals surface area contributed by atoms with Gasteiger partial charge in [0.05, 0.1) is 25.3 Å². The number of ether oxygens (including phenoxy) is 2. The minimum absolute atomic E-state index is 0.0413. The highest BCUT2D eigenvalue weighted by atomic mass is 35.5. The second-order valence-corrected chi connectivity index (χ2v) is 15.5. The quantitative estimate of drug-likeness (QED) is 0.0832. The molecule has 0 amide bonds. The first-order valence-electron chi connectivity index (χ1n) is 16.4. The van der Waals surface area contributed by atoms with Gasteiger partial charge in [0.25, 0.3) is 0 Å². The van der Waals surface area contributed by atoms with Crippen molar-refractivity contribution in [1.82, 2.24) is 9.29 Å². The number of nitrogens with zero attached hydrogens (tertiary/aromatic N) is 1. The van der Waals surface area contributed by atoms with Crippen LogP contribution in [0.25, 0.3) is 10.9 Å². The summed E-state index contributed by atoms with van der Waals surface area (Å²) < 4.78 is 69.8. The van der Waals surface area contributed by atoms with E-state index in [0.717, 1.165) is 57.2 Å². The maximum Gasteiger partial charge on any atom is 0.337 e. The number of methoxy groups -OCH3 is 1. The van der Waals surface area contributed by atoms with Crippen molar-refractivity contribution in [3.05, 3.63) is 166 Å². The highest BCUT2D eigenvalue weighted by Crippen LogP contribution is 2.38. The molecule has 0 aliphatic carbocycles. The van der Waals surface area contributed by atoms with E-state index in [2.05, 4.69) is 33.6 Å². The van der Waals surface area contributed by atoms with E-state index in [4.69, 9.17) is 21.1 Å². The lowest BCUT2D eigenvalue weighted by molar-refractivity contribution is 0.0600. The fourth-order valence-electron chi connectivity index (χ4n) is 6.19. The van der Waals surface area contributed by atoms with Gasteiger partial charge in [-0.25, -0.2) is 26.7 Å². The molecule has 268 valence electrons. The van der Waals surface area contributed by atoms with Gasteiger partial charge >= 0.3 is 5.97 Å². The number of benzene rings is 5. The SMILES string of the molecule is COC(=O)c1ccc(OCCc2c(CCNS(=O)(=O)CSc3ccc(F)cc3F)n(C(c3ccccc3)c3ccccc3)c3ccc(Cl)cc23)cc1. The summed E-state index contributed by atoms with van der Waals surface area (Å²) in [5.74, 6) is -1.42. The number of rotatable bonds is 15. The lowest BCUT2D eigenvalue weighted by Crippen LogP contribution is -2.28. The second kappa shape index (κ2) is 16.8. The fraction of sp³-hybridized carbons (Fsp3) is 0.175. The molecule has 0 atom stereocenters. The molecule has 6 rings (SSSR count). The van der Waals surface area contributed by atoms with E-state index in [-0.39, 0.29) is 24.1 Å². The Morgan fingerprint density at radius 3 is 2.17 bits per heavy atom. The number of aromatic nitrogens is 1. The Kier molecular flexibility index (Phi) is 12.0. The predicted molar refractivity (Wildman–Crippen MR) is 202 cm³/mol. The van der Waals surface area contributed by atoms with Crippen molar-refractivity contribution in [3.8, 4) is 5.75 Å². The van der Waals surface area contributed by atoms with Gasteiger partial charge in [0.1, 0.15) is 22.5 Å². The molecule has 0 bridgehead atoms. The Bertz CT molecular complexity index is 2230. The summed E-state index contributed by atoms with van der Waals surface area (Å²) in [5.41, 5.74) is 5.23. The number of carbonyl (C=O) groups is 1. The average molecular weight is 761 g/mol. The smallest absolute Gasteiger partial charge is 0.337 e. The molecule has 0 unspecified atom stereocenters. The van der Waals surface area contributed by atoms with Gasteiger partial charge in [-0.3, -0.25) is 0 Å². The van der Waals surface area contributed by atoms with E-state index in [1.807, 2.05) is 54.6 Å². The summed E-state index contributed by atoms with van der Waals surface area (Å²) in [6.45, 7) is 0.334. The molecule has 0 aliphatic rings. The average Bonchev–Trinajstić information content (AvgIpc) is 3.43. The molecule has 0 radical (unpaired) electrons. The topological polar surface area (TPSA) is 86.6 Å². The number of hydrogen-bond donors (Lipinski definition) is 1. The zero-order valence-corrected chi connectivity index (χ0v) is 30.5. The molecule has 0 saturated heterocycles. The lowest BCUT2D eigenvalue weighted by atomic mass is 9.97. The molecule has 1 heterocycles. The molecule has 1 aromatic heterocycles. The van der Waals surface area contributed by atoms with Gasteiger partial charge in [-0.2, -0.15) is 0 Å². The molecule has 0 spiro atoms. The van der Waals surface area contributed by atoms with Gasteiger partial charge in [-0.15, -0.1) is 11.8 Å². The number of thioether (sulfide) groups is 1. The third kappa shape index (κ3) is 8.85. The number of halogens is 3. The molecule has 52 heavy (non-hydrogen) atoms. The zero-order valence-electron chi connectivity index (χ0n) is 28.1. The molecule has 0 saturated carbocycles. The van der Waals surface area contributed by atoms with Gasteiger partial charge < -0.3 is 14.0 Å². The molecular weight excluding hydrogens is 726 g/mol. The third-order valence-electron chi connectivity index (χ3n) is 8.51. The standard InChI is InChI=1S/C40H35ClF2N2O5S2/c1-49-40(46)29-12-16-32(17-13-29)50-23-21-33-34-24-30(41)14-18-36(34)45(39(27-8-4-2-5-9-27)28-10-6-3-7-11-28)37(33)20-22-44-52(47,48)26-51-38-19-15-31(42)25-35(38)43/h2-19,24-25,39,44H,20-23,26H2,1H3. The van der Waals surface area contributed by atoms with Crippen LogP contribution in [0.15, 0.2) is 126 Å². The van der Waals surface area contributed by atoms with E-state index in [9.17, 15) is 22.0 Å². The molecule has 5 aromatic carbocycles. The summed E-state index contributed by atoms with van der Waals surface area (Å²) in [7, 11) is -2.54. The van der Waals surface area contributed by atoms with Gasteiger partial charge in [0, 0.05) is 52.0 Å². The summed E-state index contributed by atoms with van der Waals surface area (Å²) >= 11 is 7.38. The van der Waals surface area contributed by atoms with Gasteiger partial charge in [-0.1, -0.05) is 72.3 Å². The van der Waals surface area contributed by atoms with Crippen molar-refractivity contribution in [2.75, 3.05) is 25.3 Å². The van der Waals surface area contributed by atoms with Crippen molar-refractivity contribution in [2.24, 2.45) is 0 Å². The molecule has 0 aliphatic heterocycles. The van der Waals surface area contributed by atoms with Crippen LogP contribution in [0, 0.1) is 11.6 Å². The molecule has 6 aromatic rings. The first-order chi connectivity index (χ1) is 25.1. The zero-order chi connectivity index (χ0) is 36.7. The Balaban J connectivity index is 1.35. The van der Waals surface area contributed by atoms with Crippen molar-refractivity contribution in [2.45, 2.75) is 23.8 Å². The molecule has 0 fully saturated rings. The van der Waals surface area contributed by atoms with Gasteiger partial charge in [0.2, 0.25) is 10.0 Å². The number of fused-ring (bicyclic) bond motifs is 1. The number of carbonyl (C=O) groups excluding carboxylic acids is 1. The Morgan fingerprint density at radius 1 is 0.865 bits per heavy atom. The minimum atomic E-state index is -3.86. The highest BCUT2D eigenvalue weighted by molar-refractivity contribution is 8.11. The maximum atomic E-state index is 14.2. The molecule has 12 heteroatoms. The van der Waals surface area contributed by atoms with Crippen LogP contribution in [0.5, 0.6) is 5.75 Å². The number of esters is 1. The first kappa shape index (κ1) is 37.1. The van der Waals surface area contributed by atoms with Gasteiger partial charge in [-0.05, 0) is 71.3 Å². The van der Waals surface area contributed by atoms with Crippen LogP contribution in [0.3, 0.4) is 0 Å². The number of nitrogens with one attached hydrogen (secondary N) is 1. The van der Waals surface area contributed by atoms with Crippen LogP contribution in [-0.4, -0.2) is 44.3 Å². The largest absolute Gasteiger partial charge is 0.493 e. The van der Waals surface area contributed by atoms with Crippen molar-refractivity contribution >= 4 is 50.3 Å². The monoisotopic (exact) mass is 760 g/mol. The number of sulfonamides is 1. The minimum Gasteiger partial charge on any atom is -0.493 e. The highest BCUT2D eigenvalue weighted by Gasteiger charge is 2.26. The summed E-state index contributed by atoms with van der Waals surface area (Å²) in [6, 6.07) is 35.4. The van der Waals surface area contributed by atoms with Crippen molar-refractivity contribution in [1.29, 1.82) is 0 Å². The first-order valence-corrected chi connectivity index (χ1v) is 19.4. The van der Waals surface area contributed by atoms with Crippen LogP contribution in [0.1, 0.15) is 38.8 Å². The van der Waals surface area contributed by atoms with Crippen molar-refractivity contribution < 1.29 is 31.5 Å². The molecular formula is C40H35ClF2N2O5S2. The van der Waals surface area contributed by atoms with Crippen LogP contribution in [0.4, 0.5) is 8.78 Å². The summed E-state index contributed by atoms with van der Waals surface area (Å²) in [4.78, 5) is 11.9. The Morgan fingerprint density at radius 2 is 1.54 bits per heavy atom. The Labute approximate surface area is 310 Å². The van der Waals surface area contributed by atoms with Crippen LogP contribution in [0.2, 0.25) is 5.02 Å². The third-order valence-corrected chi connectivity index (χ3v) is 11.7. The predicted octanol–water partition coefficient (Wildman–Crippen LogP) is 8.83. The maximum absolute atomic E-state index is 14.2. The molecule has 1 N–H and O–H groups in total. The van der Waals surface area contributed by atoms with E-state index < -0.39 is 32.7 Å². The lowest BCUT2D eigenvalue weighted by Gasteiger charge is -2.25. The van der Waals surface area contributed by atoms with Gasteiger partial charge in [0.15, 0.2) is 0 Å². The van der Waals surface area contributed by atoms with Crippen molar-refractivity contribution in [3.63, 3.8) is 0 Å².